The Kier molecular flexibility index (Phi) is 7.05. The summed E-state index contributed by atoms with van der Waals surface area (Å²) in [6.45, 7) is 0.989. The van der Waals surface area contributed by atoms with Crippen LogP contribution in [-0.4, -0.2) is 57.7 Å². The number of anilines is 1. The molecule has 3 aromatic rings. The normalized spacial score (nSPS) is 18.3. The zero-order chi connectivity index (χ0) is 23.4. The van der Waals surface area contributed by atoms with Crippen molar-refractivity contribution in [3.05, 3.63) is 71.8 Å². The summed E-state index contributed by atoms with van der Waals surface area (Å²) in [5, 5.41) is 11.0. The highest BCUT2D eigenvalue weighted by molar-refractivity contribution is 7.98. The van der Waals surface area contributed by atoms with Crippen LogP contribution in [0.2, 0.25) is 0 Å². The first-order valence-corrected chi connectivity index (χ1v) is 11.6. The number of esters is 1. The Bertz CT molecular complexity index is 1140. The number of aromatic nitrogens is 3. The Hall–Kier alpha value is -3.24. The van der Waals surface area contributed by atoms with E-state index < -0.39 is 12.0 Å². The van der Waals surface area contributed by atoms with E-state index in [1.165, 1.54) is 25.4 Å². The predicted octanol–water partition coefficient (Wildman–Crippen LogP) is 3.38. The van der Waals surface area contributed by atoms with Crippen molar-refractivity contribution in [2.75, 3.05) is 25.2 Å². The number of nitrogens with zero attached hydrogens (tertiary/aromatic N) is 4. The number of carbonyl (C=O) groups is 2. The van der Waals surface area contributed by atoms with Gasteiger partial charge in [0.25, 0.3) is 0 Å². The van der Waals surface area contributed by atoms with E-state index in [-0.39, 0.29) is 23.5 Å². The topological polar surface area (TPSA) is 89.4 Å². The van der Waals surface area contributed by atoms with Crippen molar-refractivity contribution < 1.29 is 18.7 Å². The van der Waals surface area contributed by atoms with Gasteiger partial charge in [0.1, 0.15) is 5.82 Å². The summed E-state index contributed by atoms with van der Waals surface area (Å²) < 4.78 is 19.7. The Labute approximate surface area is 195 Å². The minimum absolute atomic E-state index is 0.115. The van der Waals surface area contributed by atoms with Crippen LogP contribution in [0.25, 0.3) is 0 Å². The van der Waals surface area contributed by atoms with Crippen LogP contribution >= 0.6 is 11.8 Å². The van der Waals surface area contributed by atoms with Gasteiger partial charge in [-0.15, -0.1) is 16.9 Å². The van der Waals surface area contributed by atoms with Crippen LogP contribution in [0.15, 0.2) is 59.6 Å². The summed E-state index contributed by atoms with van der Waals surface area (Å²) in [6, 6.07) is 13.3. The number of ether oxygens (including phenoxy) is 1. The molecule has 2 atom stereocenters. The van der Waals surface area contributed by atoms with Crippen LogP contribution in [0.4, 0.5) is 10.1 Å². The monoisotopic (exact) mass is 469 g/mol. The maximum Gasteiger partial charge on any atom is 0.360 e. The lowest BCUT2D eigenvalue weighted by molar-refractivity contribution is -0.120. The fraction of sp³-hybridized carbons (Fsp3) is 0.304. The minimum atomic E-state index is -0.564. The summed E-state index contributed by atoms with van der Waals surface area (Å²) in [5.74, 6) is -1.00. The summed E-state index contributed by atoms with van der Waals surface area (Å²) in [4.78, 5) is 28.1. The van der Waals surface area contributed by atoms with E-state index in [1.807, 2.05) is 35.4 Å². The molecule has 33 heavy (non-hydrogen) atoms. The van der Waals surface area contributed by atoms with Crippen LogP contribution < -0.4 is 5.32 Å². The molecule has 172 valence electrons. The number of benzene rings is 2. The van der Waals surface area contributed by atoms with Gasteiger partial charge in [-0.2, -0.15) is 0 Å². The van der Waals surface area contributed by atoms with Crippen LogP contribution in [-0.2, 0) is 16.1 Å². The van der Waals surface area contributed by atoms with Gasteiger partial charge in [-0.25, -0.2) is 13.9 Å². The first kappa shape index (κ1) is 22.9. The number of halogens is 1. The number of nitrogens with one attached hydrogen (secondary N) is 1. The summed E-state index contributed by atoms with van der Waals surface area (Å²) in [6.07, 6.45) is 4.00. The Balaban J connectivity index is 1.55. The number of thioether (sulfide) groups is 1. The van der Waals surface area contributed by atoms with Crippen molar-refractivity contribution >= 4 is 29.3 Å². The number of hydrogen-bond donors (Lipinski definition) is 1. The highest BCUT2D eigenvalue weighted by atomic mass is 32.2. The van der Waals surface area contributed by atoms with Crippen molar-refractivity contribution in [1.29, 1.82) is 0 Å². The van der Waals surface area contributed by atoms with Crippen LogP contribution in [0.3, 0.4) is 0 Å². The van der Waals surface area contributed by atoms with Gasteiger partial charge >= 0.3 is 5.97 Å². The molecule has 0 spiro atoms. The Morgan fingerprint density at radius 1 is 1.24 bits per heavy atom. The third-order valence-corrected chi connectivity index (χ3v) is 6.32. The fourth-order valence-corrected chi connectivity index (χ4v) is 4.38. The standard InChI is InChI=1S/C23H24FN5O3S/c1-32-23(31)20-14-29(27-26-20)18-11-21(22(30)25-17-4-3-5-19(10-17)33-2)28(13-18)12-15-6-8-16(24)9-7-15/h3-10,14,18,21H,11-13H2,1-2H3,(H,25,30)/t18-,21+/m1/s1. The maximum absolute atomic E-state index is 13.4. The molecule has 0 saturated carbocycles. The van der Waals surface area contributed by atoms with Crippen LogP contribution in [0, 0.1) is 5.82 Å². The predicted molar refractivity (Wildman–Crippen MR) is 122 cm³/mol. The molecule has 1 aliphatic heterocycles. The number of amides is 1. The largest absolute Gasteiger partial charge is 0.464 e. The molecule has 0 bridgehead atoms. The average Bonchev–Trinajstić information content (AvgIpc) is 3.48. The zero-order valence-corrected chi connectivity index (χ0v) is 19.1. The van der Waals surface area contributed by atoms with Crippen LogP contribution in [0.1, 0.15) is 28.5 Å². The minimum Gasteiger partial charge on any atom is -0.464 e. The molecule has 1 fully saturated rings. The van der Waals surface area contributed by atoms with Crippen molar-refractivity contribution in [2.24, 2.45) is 0 Å². The molecule has 4 rings (SSSR count). The molecule has 2 heterocycles. The smallest absolute Gasteiger partial charge is 0.360 e. The lowest BCUT2D eigenvalue weighted by atomic mass is 10.1. The van der Waals surface area contributed by atoms with Crippen molar-refractivity contribution in [3.63, 3.8) is 0 Å². The average molecular weight is 470 g/mol. The molecular weight excluding hydrogens is 445 g/mol. The molecular formula is C23H24FN5O3S. The van der Waals surface area contributed by atoms with Crippen molar-refractivity contribution in [1.82, 2.24) is 19.9 Å². The molecule has 2 aromatic carbocycles. The molecule has 1 amide bonds. The molecule has 8 nitrogen and oxygen atoms in total. The number of methoxy groups -OCH3 is 1. The van der Waals surface area contributed by atoms with Crippen molar-refractivity contribution in [3.8, 4) is 0 Å². The SMILES string of the molecule is COC(=O)c1cn([C@@H]2C[C@@H](C(=O)Nc3cccc(SC)c3)N(Cc3ccc(F)cc3)C2)nn1. The molecule has 0 radical (unpaired) electrons. The molecule has 0 unspecified atom stereocenters. The molecule has 1 saturated heterocycles. The fourth-order valence-electron chi connectivity index (χ4n) is 3.92. The first-order chi connectivity index (χ1) is 16.0. The van der Waals surface area contributed by atoms with Gasteiger partial charge in [-0.05, 0) is 48.6 Å². The Morgan fingerprint density at radius 2 is 2.03 bits per heavy atom. The molecule has 0 aliphatic carbocycles. The van der Waals surface area contributed by atoms with Gasteiger partial charge in [-0.3, -0.25) is 9.69 Å². The second-order valence-electron chi connectivity index (χ2n) is 7.76. The van der Waals surface area contributed by atoms with E-state index >= 15 is 0 Å². The lowest BCUT2D eigenvalue weighted by Gasteiger charge is -2.23. The van der Waals surface area contributed by atoms with Gasteiger partial charge in [0.2, 0.25) is 5.91 Å². The van der Waals surface area contributed by atoms with Gasteiger partial charge in [-0.1, -0.05) is 23.4 Å². The van der Waals surface area contributed by atoms with Crippen LogP contribution in [0.5, 0.6) is 0 Å². The maximum atomic E-state index is 13.4. The summed E-state index contributed by atoms with van der Waals surface area (Å²) >= 11 is 1.60. The van der Waals surface area contributed by atoms with Gasteiger partial charge < -0.3 is 10.1 Å². The van der Waals surface area contributed by atoms with E-state index in [2.05, 4.69) is 15.6 Å². The van der Waals surface area contributed by atoms with Gasteiger partial charge in [0, 0.05) is 23.7 Å². The number of rotatable bonds is 7. The summed E-state index contributed by atoms with van der Waals surface area (Å²) in [7, 11) is 1.29. The zero-order valence-electron chi connectivity index (χ0n) is 18.3. The molecule has 10 heteroatoms. The second kappa shape index (κ2) is 10.1. The van der Waals surface area contributed by atoms with E-state index in [4.69, 9.17) is 4.74 Å². The molecule has 1 aliphatic rings. The first-order valence-electron chi connectivity index (χ1n) is 10.4. The van der Waals surface area contributed by atoms with E-state index in [0.29, 0.717) is 19.5 Å². The quantitative estimate of drug-likeness (QED) is 0.419. The Morgan fingerprint density at radius 3 is 2.76 bits per heavy atom. The lowest BCUT2D eigenvalue weighted by Crippen LogP contribution is -2.39. The summed E-state index contributed by atoms with van der Waals surface area (Å²) in [5.41, 5.74) is 1.74. The molecule has 1 aromatic heterocycles. The van der Waals surface area contributed by atoms with Crippen molar-refractivity contribution in [2.45, 2.75) is 29.9 Å². The van der Waals surface area contributed by atoms with E-state index in [1.54, 1.807) is 28.6 Å². The van der Waals surface area contributed by atoms with E-state index in [0.717, 1.165) is 16.1 Å². The number of hydrogen-bond acceptors (Lipinski definition) is 7. The van der Waals surface area contributed by atoms with Gasteiger partial charge in [0.15, 0.2) is 5.69 Å². The second-order valence-corrected chi connectivity index (χ2v) is 8.64. The highest BCUT2D eigenvalue weighted by Gasteiger charge is 2.38. The highest BCUT2D eigenvalue weighted by Crippen LogP contribution is 2.30. The number of carbonyl (C=O) groups excluding carboxylic acids is 2. The molecule has 1 N–H and O–H groups in total. The third kappa shape index (κ3) is 5.40. The third-order valence-electron chi connectivity index (χ3n) is 5.60. The van der Waals surface area contributed by atoms with E-state index in [9.17, 15) is 14.0 Å². The number of likely N-dealkylation sites (tertiary alicyclic amines) is 1. The van der Waals surface area contributed by atoms with Gasteiger partial charge in [0.05, 0.1) is 25.4 Å².